The van der Waals surface area contributed by atoms with Gasteiger partial charge in [0, 0.05) is 5.02 Å². The van der Waals surface area contributed by atoms with Gasteiger partial charge in [0.2, 0.25) is 0 Å². The quantitative estimate of drug-likeness (QED) is 0.736. The molecule has 0 aliphatic heterocycles. The van der Waals surface area contributed by atoms with Crippen LogP contribution in [0.25, 0.3) is 5.69 Å². The molecule has 6 nitrogen and oxygen atoms in total. The van der Waals surface area contributed by atoms with Crippen molar-refractivity contribution < 1.29 is 9.53 Å². The summed E-state index contributed by atoms with van der Waals surface area (Å²) in [6.45, 7) is 1.85. The van der Waals surface area contributed by atoms with E-state index in [0.717, 1.165) is 11.3 Å². The van der Waals surface area contributed by atoms with Crippen LogP contribution in [-0.2, 0) is 4.79 Å². The summed E-state index contributed by atoms with van der Waals surface area (Å²) in [5.41, 5.74) is 1.89. The van der Waals surface area contributed by atoms with Gasteiger partial charge in [-0.15, -0.1) is 0 Å². The highest BCUT2D eigenvalue weighted by molar-refractivity contribution is 6.30. The van der Waals surface area contributed by atoms with Gasteiger partial charge in [0.05, 0.1) is 11.7 Å². The Kier molecular flexibility index (Phi) is 5.30. The molecular formula is C18H17ClN4O2. The van der Waals surface area contributed by atoms with E-state index in [9.17, 15) is 4.79 Å². The smallest absolute Gasteiger partial charge is 0.258 e. The van der Waals surface area contributed by atoms with Crippen LogP contribution in [-0.4, -0.2) is 27.3 Å². The molecule has 0 bridgehead atoms. The Morgan fingerprint density at radius 1 is 1.28 bits per heavy atom. The van der Waals surface area contributed by atoms with Crippen molar-refractivity contribution in [3.63, 3.8) is 0 Å². The molecule has 1 aromatic heterocycles. The third kappa shape index (κ3) is 4.58. The third-order valence-corrected chi connectivity index (χ3v) is 3.85. The van der Waals surface area contributed by atoms with E-state index < -0.39 is 0 Å². The Balaban J connectivity index is 1.54. The highest BCUT2D eigenvalue weighted by Crippen LogP contribution is 2.17. The minimum atomic E-state index is -0.201. The molecule has 0 saturated heterocycles. The SMILES string of the molecule is C[C@@H](NC(=O)COc1cccc(Cl)c1)c1ccc(-n2cncn2)cc1. The molecule has 1 heterocycles. The van der Waals surface area contributed by atoms with E-state index in [1.54, 1.807) is 35.3 Å². The number of carbonyl (C=O) groups excluding carboxylic acids is 1. The van der Waals surface area contributed by atoms with Crippen LogP contribution in [0.5, 0.6) is 5.75 Å². The van der Waals surface area contributed by atoms with E-state index in [1.807, 2.05) is 31.2 Å². The van der Waals surface area contributed by atoms with E-state index in [0.29, 0.717) is 10.8 Å². The largest absolute Gasteiger partial charge is 0.484 e. The van der Waals surface area contributed by atoms with Crippen LogP contribution >= 0.6 is 11.6 Å². The number of ether oxygens (including phenoxy) is 1. The fraction of sp³-hybridized carbons (Fsp3) is 0.167. The lowest BCUT2D eigenvalue weighted by molar-refractivity contribution is -0.123. The number of aromatic nitrogens is 3. The normalized spacial score (nSPS) is 11.8. The van der Waals surface area contributed by atoms with Crippen molar-refractivity contribution in [3.8, 4) is 11.4 Å². The van der Waals surface area contributed by atoms with Crippen LogP contribution in [0.4, 0.5) is 0 Å². The molecule has 0 fully saturated rings. The number of nitrogens with one attached hydrogen (secondary N) is 1. The Morgan fingerprint density at radius 3 is 2.76 bits per heavy atom. The zero-order valence-corrected chi connectivity index (χ0v) is 14.3. The zero-order chi connectivity index (χ0) is 17.6. The summed E-state index contributed by atoms with van der Waals surface area (Å²) in [6.07, 6.45) is 3.12. The number of nitrogens with zero attached hydrogens (tertiary/aromatic N) is 3. The average Bonchev–Trinajstić information content (AvgIpc) is 3.15. The van der Waals surface area contributed by atoms with Gasteiger partial charge >= 0.3 is 0 Å². The first-order chi connectivity index (χ1) is 12.1. The summed E-state index contributed by atoms with van der Waals surface area (Å²) in [5, 5.41) is 7.55. The first-order valence-corrected chi connectivity index (χ1v) is 8.12. The Hall–Kier alpha value is -2.86. The number of hydrogen-bond donors (Lipinski definition) is 1. The van der Waals surface area contributed by atoms with Gasteiger partial charge in [0.1, 0.15) is 18.4 Å². The predicted molar refractivity (Wildman–Crippen MR) is 94.9 cm³/mol. The second-order valence-corrected chi connectivity index (χ2v) is 5.90. The van der Waals surface area contributed by atoms with Crippen LogP contribution in [0.2, 0.25) is 5.02 Å². The standard InChI is InChI=1S/C18H17ClN4O2/c1-13(14-5-7-16(8-6-14)23-12-20-11-21-23)22-18(24)10-25-17-4-2-3-15(19)9-17/h2-9,11-13H,10H2,1H3,(H,22,24)/t13-/m1/s1. The number of hydrogen-bond acceptors (Lipinski definition) is 4. The number of halogens is 1. The van der Waals surface area contributed by atoms with Gasteiger partial charge in [-0.05, 0) is 42.8 Å². The fourth-order valence-electron chi connectivity index (χ4n) is 2.33. The molecule has 2 aromatic carbocycles. The van der Waals surface area contributed by atoms with Gasteiger partial charge in [0.25, 0.3) is 5.91 Å². The summed E-state index contributed by atoms with van der Waals surface area (Å²) in [6, 6.07) is 14.5. The number of benzene rings is 2. The average molecular weight is 357 g/mol. The lowest BCUT2D eigenvalue weighted by Gasteiger charge is -2.15. The van der Waals surface area contributed by atoms with Crippen LogP contribution in [0, 0.1) is 0 Å². The molecule has 0 aliphatic rings. The van der Waals surface area contributed by atoms with Gasteiger partial charge in [-0.2, -0.15) is 5.10 Å². The van der Waals surface area contributed by atoms with Crippen LogP contribution in [0.15, 0.2) is 61.2 Å². The molecule has 1 amide bonds. The second kappa shape index (κ2) is 7.81. The van der Waals surface area contributed by atoms with Crippen molar-refractivity contribution in [1.82, 2.24) is 20.1 Å². The molecule has 1 N–H and O–H groups in total. The maximum absolute atomic E-state index is 12.0. The van der Waals surface area contributed by atoms with Crippen LogP contribution in [0.1, 0.15) is 18.5 Å². The van der Waals surface area contributed by atoms with Crippen LogP contribution in [0.3, 0.4) is 0 Å². The summed E-state index contributed by atoms with van der Waals surface area (Å²) < 4.78 is 7.11. The highest BCUT2D eigenvalue weighted by atomic mass is 35.5. The molecule has 0 radical (unpaired) electrons. The van der Waals surface area contributed by atoms with Crippen molar-refractivity contribution in [2.24, 2.45) is 0 Å². The molecule has 0 saturated carbocycles. The van der Waals surface area contributed by atoms with Crippen molar-refractivity contribution >= 4 is 17.5 Å². The predicted octanol–water partition coefficient (Wildman–Crippen LogP) is 3.18. The Bertz CT molecular complexity index is 835. The first-order valence-electron chi connectivity index (χ1n) is 7.74. The number of carbonyl (C=O) groups is 1. The fourth-order valence-corrected chi connectivity index (χ4v) is 2.51. The summed E-state index contributed by atoms with van der Waals surface area (Å²) in [4.78, 5) is 16.0. The monoisotopic (exact) mass is 356 g/mol. The third-order valence-electron chi connectivity index (χ3n) is 3.62. The van der Waals surface area contributed by atoms with Crippen molar-refractivity contribution in [3.05, 3.63) is 71.8 Å². The van der Waals surface area contributed by atoms with Crippen molar-refractivity contribution in [2.75, 3.05) is 6.61 Å². The summed E-state index contributed by atoms with van der Waals surface area (Å²) in [5.74, 6) is 0.361. The Labute approximate surface area is 150 Å². The number of amides is 1. The molecule has 128 valence electrons. The summed E-state index contributed by atoms with van der Waals surface area (Å²) >= 11 is 5.88. The van der Waals surface area contributed by atoms with Gasteiger partial charge in [0.15, 0.2) is 6.61 Å². The minimum absolute atomic E-state index is 0.0677. The van der Waals surface area contributed by atoms with E-state index in [2.05, 4.69) is 15.4 Å². The van der Waals surface area contributed by atoms with Crippen molar-refractivity contribution in [1.29, 1.82) is 0 Å². The lowest BCUT2D eigenvalue weighted by atomic mass is 10.1. The molecule has 0 unspecified atom stereocenters. The van der Waals surface area contributed by atoms with Gasteiger partial charge in [-0.3, -0.25) is 4.79 Å². The molecule has 7 heteroatoms. The maximum Gasteiger partial charge on any atom is 0.258 e. The molecule has 3 aromatic rings. The van der Waals surface area contributed by atoms with E-state index in [-0.39, 0.29) is 18.6 Å². The second-order valence-electron chi connectivity index (χ2n) is 5.47. The molecule has 3 rings (SSSR count). The first kappa shape index (κ1) is 17.0. The van der Waals surface area contributed by atoms with E-state index >= 15 is 0 Å². The molecule has 0 spiro atoms. The van der Waals surface area contributed by atoms with Crippen LogP contribution < -0.4 is 10.1 Å². The molecular weight excluding hydrogens is 340 g/mol. The zero-order valence-electron chi connectivity index (χ0n) is 13.6. The molecule has 0 aliphatic carbocycles. The summed E-state index contributed by atoms with van der Waals surface area (Å²) in [7, 11) is 0. The maximum atomic E-state index is 12.0. The highest BCUT2D eigenvalue weighted by Gasteiger charge is 2.10. The minimum Gasteiger partial charge on any atom is -0.484 e. The van der Waals surface area contributed by atoms with Gasteiger partial charge in [-0.1, -0.05) is 29.8 Å². The lowest BCUT2D eigenvalue weighted by Crippen LogP contribution is -2.31. The molecule has 1 atom stereocenters. The van der Waals surface area contributed by atoms with Crippen molar-refractivity contribution in [2.45, 2.75) is 13.0 Å². The van der Waals surface area contributed by atoms with Gasteiger partial charge < -0.3 is 10.1 Å². The van der Waals surface area contributed by atoms with E-state index in [1.165, 1.54) is 6.33 Å². The molecule has 25 heavy (non-hydrogen) atoms. The topological polar surface area (TPSA) is 69.0 Å². The van der Waals surface area contributed by atoms with E-state index in [4.69, 9.17) is 16.3 Å². The Morgan fingerprint density at radius 2 is 2.08 bits per heavy atom. The van der Waals surface area contributed by atoms with Gasteiger partial charge in [-0.25, -0.2) is 9.67 Å². The number of rotatable bonds is 6.